The highest BCUT2D eigenvalue weighted by molar-refractivity contribution is 5.78. The van der Waals surface area contributed by atoms with E-state index in [0.717, 1.165) is 22.1 Å². The van der Waals surface area contributed by atoms with E-state index in [1.807, 2.05) is 36.4 Å². The van der Waals surface area contributed by atoms with Gasteiger partial charge in [0, 0.05) is 22.6 Å². The maximum atomic E-state index is 11.3. The molecule has 1 aromatic heterocycles. The second-order valence-electron chi connectivity index (χ2n) is 5.16. The van der Waals surface area contributed by atoms with Crippen molar-refractivity contribution in [3.05, 3.63) is 87.3 Å². The topological polar surface area (TPSA) is 77.8 Å². The van der Waals surface area contributed by atoms with Crippen LogP contribution in [0.1, 0.15) is 16.7 Å². The minimum Gasteiger partial charge on any atom is -0.423 e. The lowest BCUT2D eigenvalue weighted by atomic mass is 10.1. The van der Waals surface area contributed by atoms with Crippen LogP contribution in [0.15, 0.2) is 69.4 Å². The summed E-state index contributed by atoms with van der Waals surface area (Å²) in [5.74, 6) is 6.05. The predicted molar refractivity (Wildman–Crippen MR) is 94.1 cm³/mol. The molecule has 0 unspecified atom stereocenters. The molecule has 3 rings (SSSR count). The van der Waals surface area contributed by atoms with Gasteiger partial charge in [0.05, 0.1) is 0 Å². The summed E-state index contributed by atoms with van der Waals surface area (Å²) in [6, 6.07) is 19.4. The number of nitrogens with zero attached hydrogens (tertiary/aromatic N) is 2. The highest BCUT2D eigenvalue weighted by Crippen LogP contribution is 2.13. The van der Waals surface area contributed by atoms with Gasteiger partial charge in [-0.15, -0.1) is 0 Å². The molecule has 3 aromatic rings. The minimum atomic E-state index is -0.393. The first-order valence-corrected chi connectivity index (χ1v) is 7.36. The highest BCUT2D eigenvalue weighted by Gasteiger charge is 1.98. The average molecular weight is 322 g/mol. The Bertz CT molecular complexity index is 1160. The van der Waals surface area contributed by atoms with E-state index >= 15 is 0 Å². The van der Waals surface area contributed by atoms with Crippen molar-refractivity contribution in [2.24, 2.45) is 0 Å². The van der Waals surface area contributed by atoms with Crippen LogP contribution in [0, 0.1) is 34.5 Å². The average Bonchev–Trinajstić information content (AvgIpc) is 2.65. The molecule has 0 N–H and O–H groups in total. The lowest BCUT2D eigenvalue weighted by Gasteiger charge is -1.96. The highest BCUT2D eigenvalue weighted by atomic mass is 16.4. The summed E-state index contributed by atoms with van der Waals surface area (Å²) < 4.78 is 5.15. The number of nitriles is 2. The molecule has 0 radical (unpaired) electrons. The molecule has 116 valence electrons. The number of benzene rings is 2. The maximum Gasteiger partial charge on any atom is 0.336 e. The molecule has 4 heteroatoms. The van der Waals surface area contributed by atoms with Crippen LogP contribution < -0.4 is 5.63 Å². The van der Waals surface area contributed by atoms with Crippen LogP contribution in [-0.2, 0) is 0 Å². The number of hydrogen-bond acceptors (Lipinski definition) is 4. The van der Waals surface area contributed by atoms with Crippen LogP contribution in [0.4, 0.5) is 0 Å². The molecule has 0 spiro atoms. The Balaban J connectivity index is 1.87. The number of fused-ring (bicyclic) bond motifs is 1. The van der Waals surface area contributed by atoms with Gasteiger partial charge < -0.3 is 4.42 Å². The first-order valence-electron chi connectivity index (χ1n) is 7.36. The Morgan fingerprint density at radius 1 is 0.880 bits per heavy atom. The van der Waals surface area contributed by atoms with E-state index in [-0.39, 0.29) is 5.57 Å². The second kappa shape index (κ2) is 7.01. The lowest BCUT2D eigenvalue weighted by Crippen LogP contribution is -1.94. The minimum absolute atomic E-state index is 0.0523. The predicted octanol–water partition coefficient (Wildman–Crippen LogP) is 3.62. The monoisotopic (exact) mass is 322 g/mol. The van der Waals surface area contributed by atoms with Gasteiger partial charge in [-0.3, -0.25) is 0 Å². The van der Waals surface area contributed by atoms with Crippen molar-refractivity contribution < 1.29 is 4.42 Å². The zero-order valence-corrected chi connectivity index (χ0v) is 13.0. The molecule has 0 saturated carbocycles. The zero-order chi connectivity index (χ0) is 17.6. The fourth-order valence-electron chi connectivity index (χ4n) is 2.20. The molecule has 1 heterocycles. The summed E-state index contributed by atoms with van der Waals surface area (Å²) in [5, 5.41) is 18.3. The molecular formula is C21H10N2O2. The van der Waals surface area contributed by atoms with Gasteiger partial charge in [-0.1, -0.05) is 24.0 Å². The molecule has 0 atom stereocenters. The van der Waals surface area contributed by atoms with Crippen LogP contribution >= 0.6 is 0 Å². The number of rotatable bonds is 1. The van der Waals surface area contributed by atoms with Crippen molar-refractivity contribution in [3.8, 4) is 24.0 Å². The van der Waals surface area contributed by atoms with E-state index in [1.54, 1.807) is 24.3 Å². The SMILES string of the molecule is N#CC(C#N)=Cc1ccc(C#Cc2ccc3ccc(=O)oc3c2)cc1. The molecular weight excluding hydrogens is 312 g/mol. The summed E-state index contributed by atoms with van der Waals surface area (Å²) in [4.78, 5) is 11.3. The summed E-state index contributed by atoms with van der Waals surface area (Å²) in [6.45, 7) is 0. The summed E-state index contributed by atoms with van der Waals surface area (Å²) in [7, 11) is 0. The largest absolute Gasteiger partial charge is 0.423 e. The molecule has 0 aliphatic carbocycles. The first-order chi connectivity index (χ1) is 12.2. The van der Waals surface area contributed by atoms with Crippen LogP contribution in [0.25, 0.3) is 17.0 Å². The third kappa shape index (κ3) is 3.82. The van der Waals surface area contributed by atoms with Gasteiger partial charge >= 0.3 is 5.63 Å². The normalized spacial score (nSPS) is 9.36. The Morgan fingerprint density at radius 3 is 2.24 bits per heavy atom. The van der Waals surface area contributed by atoms with Crippen molar-refractivity contribution in [2.45, 2.75) is 0 Å². The van der Waals surface area contributed by atoms with Gasteiger partial charge in [-0.2, -0.15) is 10.5 Å². The van der Waals surface area contributed by atoms with Crippen molar-refractivity contribution in [1.29, 1.82) is 10.5 Å². The lowest BCUT2D eigenvalue weighted by molar-refractivity contribution is 0.561. The van der Waals surface area contributed by atoms with E-state index < -0.39 is 5.63 Å². The van der Waals surface area contributed by atoms with Crippen LogP contribution in [0.3, 0.4) is 0 Å². The van der Waals surface area contributed by atoms with Gasteiger partial charge in [0.2, 0.25) is 0 Å². The molecule has 0 amide bonds. The van der Waals surface area contributed by atoms with Gasteiger partial charge in [-0.25, -0.2) is 4.79 Å². The maximum absolute atomic E-state index is 11.3. The molecule has 0 fully saturated rings. The van der Waals surface area contributed by atoms with Crippen LogP contribution in [0.5, 0.6) is 0 Å². The Kier molecular flexibility index (Phi) is 4.43. The third-order valence-electron chi connectivity index (χ3n) is 3.44. The zero-order valence-electron chi connectivity index (χ0n) is 13.0. The van der Waals surface area contributed by atoms with Gasteiger partial charge in [0.15, 0.2) is 0 Å². The Hall–Kier alpha value is -4.07. The van der Waals surface area contributed by atoms with E-state index in [0.29, 0.717) is 5.58 Å². The summed E-state index contributed by atoms with van der Waals surface area (Å²) in [5.41, 5.74) is 2.45. The molecule has 25 heavy (non-hydrogen) atoms. The number of allylic oxidation sites excluding steroid dienone is 1. The summed E-state index contributed by atoms with van der Waals surface area (Å²) >= 11 is 0. The van der Waals surface area contributed by atoms with Crippen molar-refractivity contribution >= 4 is 17.0 Å². The van der Waals surface area contributed by atoms with E-state index in [2.05, 4.69) is 11.8 Å². The van der Waals surface area contributed by atoms with Gasteiger partial charge in [0.25, 0.3) is 0 Å². The molecule has 0 saturated heterocycles. The molecule has 0 bridgehead atoms. The standard InChI is InChI=1S/C21H10N2O2/c22-13-18(14-23)11-16-4-1-15(2-5-16)3-6-17-7-8-19-9-10-21(24)25-20(19)12-17/h1-2,4-5,7-12H. The second-order valence-corrected chi connectivity index (χ2v) is 5.16. The van der Waals surface area contributed by atoms with Gasteiger partial charge in [-0.05, 0) is 48.0 Å². The number of hydrogen-bond donors (Lipinski definition) is 0. The van der Waals surface area contributed by atoms with Crippen LogP contribution in [-0.4, -0.2) is 0 Å². The Morgan fingerprint density at radius 2 is 1.52 bits per heavy atom. The molecule has 4 nitrogen and oxygen atoms in total. The van der Waals surface area contributed by atoms with Crippen molar-refractivity contribution in [2.75, 3.05) is 0 Å². The smallest absolute Gasteiger partial charge is 0.336 e. The van der Waals surface area contributed by atoms with E-state index in [9.17, 15) is 4.79 Å². The molecule has 0 aliphatic rings. The fourth-order valence-corrected chi connectivity index (χ4v) is 2.20. The van der Waals surface area contributed by atoms with Crippen molar-refractivity contribution in [3.63, 3.8) is 0 Å². The fraction of sp³-hybridized carbons (Fsp3) is 0. The van der Waals surface area contributed by atoms with Crippen LogP contribution in [0.2, 0.25) is 0 Å². The van der Waals surface area contributed by atoms with Crippen molar-refractivity contribution in [1.82, 2.24) is 0 Å². The molecule has 2 aromatic carbocycles. The first kappa shape index (κ1) is 15.8. The van der Waals surface area contributed by atoms with E-state index in [1.165, 1.54) is 12.1 Å². The quantitative estimate of drug-likeness (QED) is 0.389. The van der Waals surface area contributed by atoms with E-state index in [4.69, 9.17) is 14.9 Å². The third-order valence-corrected chi connectivity index (χ3v) is 3.44. The Labute approximate surface area is 143 Å². The molecule has 0 aliphatic heterocycles. The van der Waals surface area contributed by atoms with Gasteiger partial charge in [0.1, 0.15) is 23.3 Å². The summed E-state index contributed by atoms with van der Waals surface area (Å²) in [6.07, 6.45) is 1.52.